The number of rotatable bonds is 2. The molecule has 104 valence electrons. The highest BCUT2D eigenvalue weighted by Gasteiger charge is 2.23. The van der Waals surface area contributed by atoms with Crippen LogP contribution in [0.1, 0.15) is 21.5 Å². The van der Waals surface area contributed by atoms with Crippen LogP contribution in [0, 0.1) is 18.6 Å². The van der Waals surface area contributed by atoms with Crippen molar-refractivity contribution in [2.24, 2.45) is 0 Å². The summed E-state index contributed by atoms with van der Waals surface area (Å²) in [5, 5.41) is 0. The molecule has 0 spiro atoms. The maximum absolute atomic E-state index is 13.9. The Morgan fingerprint density at radius 2 is 1.80 bits per heavy atom. The van der Waals surface area contributed by atoms with Gasteiger partial charge in [0.1, 0.15) is 5.82 Å². The first-order valence-corrected chi connectivity index (χ1v) is 7.15. The minimum atomic E-state index is -1.04. The van der Waals surface area contributed by atoms with Gasteiger partial charge in [-0.05, 0) is 36.8 Å². The van der Waals surface area contributed by atoms with Gasteiger partial charge in [0.05, 0.1) is 11.3 Å². The molecule has 2 aromatic rings. The number of hydrogen-bond acceptors (Lipinski definition) is 2. The minimum Gasteiger partial charge on any atom is -0.396 e. The van der Waals surface area contributed by atoms with E-state index in [9.17, 15) is 13.6 Å². The molecule has 0 atom stereocenters. The molecule has 2 nitrogen and oxygen atoms in total. The first kappa shape index (κ1) is 15.1. The fraction of sp³-hybridized carbons (Fsp3) is 0.0714. The summed E-state index contributed by atoms with van der Waals surface area (Å²) in [5.74, 6) is -2.75. The Balaban J connectivity index is 2.64. The monoisotopic (exact) mass is 403 g/mol. The zero-order chi connectivity index (χ0) is 15.0. The van der Waals surface area contributed by atoms with Crippen molar-refractivity contribution in [3.05, 3.63) is 61.5 Å². The van der Waals surface area contributed by atoms with E-state index in [1.54, 1.807) is 6.07 Å². The van der Waals surface area contributed by atoms with Crippen LogP contribution in [0.25, 0.3) is 0 Å². The fourth-order valence-corrected chi connectivity index (χ4v) is 2.71. The van der Waals surface area contributed by atoms with Crippen LogP contribution >= 0.6 is 31.9 Å². The Labute approximate surface area is 131 Å². The molecule has 0 saturated heterocycles. The van der Waals surface area contributed by atoms with Crippen LogP contribution in [0.15, 0.2) is 33.2 Å². The first-order chi connectivity index (χ1) is 9.32. The van der Waals surface area contributed by atoms with E-state index in [0.29, 0.717) is 8.95 Å². The number of anilines is 1. The summed E-state index contributed by atoms with van der Waals surface area (Å²) in [7, 11) is 0. The molecule has 0 aromatic heterocycles. The van der Waals surface area contributed by atoms with Crippen molar-refractivity contribution in [2.45, 2.75) is 6.92 Å². The Morgan fingerprint density at radius 1 is 1.15 bits per heavy atom. The van der Waals surface area contributed by atoms with E-state index in [2.05, 4.69) is 31.9 Å². The van der Waals surface area contributed by atoms with Gasteiger partial charge in [-0.25, -0.2) is 8.78 Å². The van der Waals surface area contributed by atoms with Crippen molar-refractivity contribution in [3.8, 4) is 0 Å². The first-order valence-electron chi connectivity index (χ1n) is 5.56. The largest absolute Gasteiger partial charge is 0.396 e. The van der Waals surface area contributed by atoms with E-state index in [4.69, 9.17) is 5.73 Å². The number of halogens is 4. The van der Waals surface area contributed by atoms with Crippen molar-refractivity contribution in [1.29, 1.82) is 0 Å². The van der Waals surface area contributed by atoms with E-state index in [1.807, 2.05) is 6.92 Å². The molecule has 20 heavy (non-hydrogen) atoms. The highest BCUT2D eigenvalue weighted by atomic mass is 79.9. The van der Waals surface area contributed by atoms with E-state index < -0.39 is 23.0 Å². The van der Waals surface area contributed by atoms with Crippen LogP contribution in [0.5, 0.6) is 0 Å². The van der Waals surface area contributed by atoms with Gasteiger partial charge in [-0.3, -0.25) is 4.79 Å². The van der Waals surface area contributed by atoms with Crippen LogP contribution in [-0.2, 0) is 0 Å². The predicted molar refractivity (Wildman–Crippen MR) is 80.8 cm³/mol. The van der Waals surface area contributed by atoms with E-state index >= 15 is 0 Å². The minimum absolute atomic E-state index is 0.158. The second kappa shape index (κ2) is 5.61. The summed E-state index contributed by atoms with van der Waals surface area (Å²) >= 11 is 6.52. The van der Waals surface area contributed by atoms with Gasteiger partial charge in [-0.2, -0.15) is 0 Å². The van der Waals surface area contributed by atoms with Crippen molar-refractivity contribution < 1.29 is 13.6 Å². The van der Waals surface area contributed by atoms with Crippen LogP contribution in [0.2, 0.25) is 0 Å². The summed E-state index contributed by atoms with van der Waals surface area (Å²) in [6, 6.07) is 5.27. The number of nitrogen functional groups attached to an aromatic ring is 1. The second-order valence-corrected chi connectivity index (χ2v) is 5.94. The lowest BCUT2D eigenvalue weighted by Gasteiger charge is -2.09. The lowest BCUT2D eigenvalue weighted by Crippen LogP contribution is -2.10. The Morgan fingerprint density at radius 3 is 2.45 bits per heavy atom. The van der Waals surface area contributed by atoms with Gasteiger partial charge in [0.15, 0.2) is 11.6 Å². The molecule has 0 bridgehead atoms. The average Bonchev–Trinajstić information content (AvgIpc) is 2.38. The molecule has 0 unspecified atom stereocenters. The number of carbonyl (C=O) groups is 1. The van der Waals surface area contributed by atoms with Crippen molar-refractivity contribution >= 4 is 43.3 Å². The van der Waals surface area contributed by atoms with Gasteiger partial charge in [0.2, 0.25) is 0 Å². The van der Waals surface area contributed by atoms with E-state index in [1.165, 1.54) is 6.07 Å². The molecule has 0 aliphatic rings. The lowest BCUT2D eigenvalue weighted by atomic mass is 10.0. The summed E-state index contributed by atoms with van der Waals surface area (Å²) in [5.41, 5.74) is 5.51. The highest BCUT2D eigenvalue weighted by molar-refractivity contribution is 9.11. The van der Waals surface area contributed by atoms with Gasteiger partial charge < -0.3 is 5.73 Å². The SMILES string of the molecule is Cc1cc(Br)c(C(=O)c2c(F)ccc(N)c2F)cc1Br. The molecule has 2 rings (SSSR count). The second-order valence-electron chi connectivity index (χ2n) is 4.24. The third-order valence-electron chi connectivity index (χ3n) is 2.84. The standard InChI is InChI=1S/C14H9Br2F2NO/c1-6-4-9(16)7(5-8(6)15)14(20)12-10(17)2-3-11(19)13(12)18/h2-5H,19H2,1H3. The van der Waals surface area contributed by atoms with Crippen molar-refractivity contribution in [1.82, 2.24) is 0 Å². The molecule has 0 radical (unpaired) electrons. The summed E-state index contributed by atoms with van der Waals surface area (Å²) < 4.78 is 28.8. The predicted octanol–water partition coefficient (Wildman–Crippen LogP) is 4.61. The quantitative estimate of drug-likeness (QED) is 0.586. The summed E-state index contributed by atoms with van der Waals surface area (Å²) in [6.07, 6.45) is 0. The van der Waals surface area contributed by atoms with E-state index in [0.717, 1.165) is 17.7 Å². The van der Waals surface area contributed by atoms with Crippen molar-refractivity contribution in [2.75, 3.05) is 5.73 Å². The smallest absolute Gasteiger partial charge is 0.200 e. The number of carbonyl (C=O) groups excluding carboxylic acids is 1. The van der Waals surface area contributed by atoms with Crippen LogP contribution < -0.4 is 5.73 Å². The molecule has 0 amide bonds. The third kappa shape index (κ3) is 2.62. The highest BCUT2D eigenvalue weighted by Crippen LogP contribution is 2.29. The molecule has 0 aliphatic heterocycles. The third-order valence-corrected chi connectivity index (χ3v) is 4.35. The van der Waals surface area contributed by atoms with Gasteiger partial charge in [-0.1, -0.05) is 31.9 Å². The van der Waals surface area contributed by atoms with Crippen molar-refractivity contribution in [3.63, 3.8) is 0 Å². The number of nitrogens with two attached hydrogens (primary N) is 1. The zero-order valence-electron chi connectivity index (χ0n) is 10.3. The topological polar surface area (TPSA) is 43.1 Å². The van der Waals surface area contributed by atoms with Crippen LogP contribution in [0.4, 0.5) is 14.5 Å². The Kier molecular flexibility index (Phi) is 4.25. The van der Waals surface area contributed by atoms with Crippen LogP contribution in [0.3, 0.4) is 0 Å². The molecule has 0 fully saturated rings. The molecular formula is C14H9Br2F2NO. The molecule has 0 heterocycles. The number of hydrogen-bond donors (Lipinski definition) is 1. The number of benzene rings is 2. The molecular weight excluding hydrogens is 396 g/mol. The molecule has 0 aliphatic carbocycles. The van der Waals surface area contributed by atoms with Gasteiger partial charge in [0.25, 0.3) is 0 Å². The average molecular weight is 405 g/mol. The Hall–Kier alpha value is -1.27. The molecule has 0 saturated carbocycles. The van der Waals surface area contributed by atoms with Gasteiger partial charge in [-0.15, -0.1) is 0 Å². The summed E-state index contributed by atoms with van der Waals surface area (Å²) in [6.45, 7) is 1.84. The van der Waals surface area contributed by atoms with Gasteiger partial charge >= 0.3 is 0 Å². The zero-order valence-corrected chi connectivity index (χ0v) is 13.5. The number of ketones is 1. The van der Waals surface area contributed by atoms with E-state index in [-0.39, 0.29) is 11.3 Å². The maximum atomic E-state index is 13.9. The normalized spacial score (nSPS) is 10.7. The maximum Gasteiger partial charge on any atom is 0.200 e. The number of aryl methyl sites for hydroxylation is 1. The fourth-order valence-electron chi connectivity index (χ4n) is 1.73. The van der Waals surface area contributed by atoms with Crippen LogP contribution in [-0.4, -0.2) is 5.78 Å². The Bertz CT molecular complexity index is 717. The lowest BCUT2D eigenvalue weighted by molar-refractivity contribution is 0.103. The molecule has 2 N–H and O–H groups in total. The molecule has 2 aromatic carbocycles. The molecule has 6 heteroatoms. The summed E-state index contributed by atoms with van der Waals surface area (Å²) in [4.78, 5) is 12.3. The van der Waals surface area contributed by atoms with Gasteiger partial charge in [0, 0.05) is 14.5 Å².